The first-order chi connectivity index (χ1) is 14.2. The van der Waals surface area contributed by atoms with Crippen LogP contribution in [0.1, 0.15) is 150 Å². The second kappa shape index (κ2) is 23.1. The summed E-state index contributed by atoms with van der Waals surface area (Å²) in [6.07, 6.45) is 31.9. The molecule has 2 heteroatoms. The van der Waals surface area contributed by atoms with Crippen LogP contribution in [0.2, 0.25) is 0 Å². The van der Waals surface area contributed by atoms with Crippen LogP contribution in [0.3, 0.4) is 0 Å². The Morgan fingerprint density at radius 2 is 0.690 bits per heavy atom. The summed E-state index contributed by atoms with van der Waals surface area (Å²) in [5.74, 6) is 0. The predicted molar refractivity (Wildman–Crippen MR) is 140 cm³/mol. The molecule has 1 N–H and O–H groups in total. The molecule has 1 nitrogen and oxygen atoms in total. The molecule has 0 aromatic heterocycles. The standard InChI is InChI=1S/C27H59NP/c1-5-9-12-15-18-21-25-29(28-24-8-4,26-22-19-16-13-10-6-2)27-23-20-17-14-11-7-3/h28H,5-27H2,1-4H3/q+1. The molecule has 0 bridgehead atoms. The highest BCUT2D eigenvalue weighted by atomic mass is 31.2. The van der Waals surface area contributed by atoms with E-state index in [1.54, 1.807) is 0 Å². The van der Waals surface area contributed by atoms with Crippen molar-refractivity contribution in [2.24, 2.45) is 0 Å². The molecule has 0 fully saturated rings. The van der Waals surface area contributed by atoms with Crippen LogP contribution >= 0.6 is 7.41 Å². The van der Waals surface area contributed by atoms with Crippen LogP contribution in [0.5, 0.6) is 0 Å². The summed E-state index contributed by atoms with van der Waals surface area (Å²) in [5.41, 5.74) is 0. The molecule has 0 radical (unpaired) electrons. The molecule has 0 aliphatic carbocycles. The van der Waals surface area contributed by atoms with Crippen LogP contribution in [-0.4, -0.2) is 25.0 Å². The summed E-state index contributed by atoms with van der Waals surface area (Å²) in [4.78, 5) is 0. The second-order valence-corrected chi connectivity index (χ2v) is 13.5. The summed E-state index contributed by atoms with van der Waals surface area (Å²) in [6.45, 7) is 10.6. The Morgan fingerprint density at radius 1 is 0.379 bits per heavy atom. The van der Waals surface area contributed by atoms with Crippen LogP contribution in [-0.2, 0) is 0 Å². The average Bonchev–Trinajstić information content (AvgIpc) is 2.74. The lowest BCUT2D eigenvalue weighted by Gasteiger charge is -2.28. The Kier molecular flexibility index (Phi) is 23.4. The Labute approximate surface area is 187 Å². The summed E-state index contributed by atoms with van der Waals surface area (Å²) in [7, 11) is -0.929. The van der Waals surface area contributed by atoms with Gasteiger partial charge < -0.3 is 0 Å². The van der Waals surface area contributed by atoms with Gasteiger partial charge in [-0.3, -0.25) is 0 Å². The molecule has 176 valence electrons. The quantitative estimate of drug-likeness (QED) is 0.119. The molecule has 0 spiro atoms. The molecule has 0 aliphatic heterocycles. The third-order valence-corrected chi connectivity index (χ3v) is 10.9. The lowest BCUT2D eigenvalue weighted by Crippen LogP contribution is -2.25. The minimum atomic E-state index is -0.929. The van der Waals surface area contributed by atoms with E-state index in [2.05, 4.69) is 32.8 Å². The van der Waals surface area contributed by atoms with Crippen molar-refractivity contribution in [2.45, 2.75) is 150 Å². The fourth-order valence-corrected chi connectivity index (χ4v) is 8.84. The van der Waals surface area contributed by atoms with Crippen LogP contribution < -0.4 is 5.09 Å². The Morgan fingerprint density at radius 3 is 1.00 bits per heavy atom. The zero-order valence-corrected chi connectivity index (χ0v) is 22.1. The normalized spacial score (nSPS) is 12.0. The van der Waals surface area contributed by atoms with Crippen LogP contribution in [0.4, 0.5) is 0 Å². The average molecular weight is 429 g/mol. The monoisotopic (exact) mass is 428 g/mol. The molecule has 0 rings (SSSR count). The summed E-state index contributed by atoms with van der Waals surface area (Å²) < 4.78 is 0. The largest absolute Gasteiger partial charge is 0.192 e. The predicted octanol–water partition coefficient (Wildman–Crippen LogP) is 10.0. The van der Waals surface area contributed by atoms with E-state index < -0.39 is 7.41 Å². The molecule has 0 amide bonds. The summed E-state index contributed by atoms with van der Waals surface area (Å²) >= 11 is 0. The van der Waals surface area contributed by atoms with Gasteiger partial charge in [-0.05, 0) is 44.9 Å². The van der Waals surface area contributed by atoms with Gasteiger partial charge in [0.05, 0.1) is 25.9 Å². The van der Waals surface area contributed by atoms with E-state index >= 15 is 0 Å². The van der Waals surface area contributed by atoms with Gasteiger partial charge in [0.15, 0.2) is 0 Å². The Hall–Kier alpha value is 0.390. The maximum absolute atomic E-state index is 4.20. The van der Waals surface area contributed by atoms with Crippen LogP contribution in [0, 0.1) is 0 Å². The fourth-order valence-electron chi connectivity index (χ4n) is 4.51. The van der Waals surface area contributed by atoms with E-state index in [-0.39, 0.29) is 0 Å². The lowest BCUT2D eigenvalue weighted by atomic mass is 10.1. The Balaban J connectivity index is 4.52. The zero-order valence-electron chi connectivity index (χ0n) is 21.2. The number of unbranched alkanes of at least 4 members (excludes halogenated alkanes) is 15. The number of nitrogens with one attached hydrogen (secondary N) is 1. The minimum absolute atomic E-state index is 0.929. The first kappa shape index (κ1) is 29.4. The van der Waals surface area contributed by atoms with E-state index in [9.17, 15) is 0 Å². The third-order valence-electron chi connectivity index (χ3n) is 6.52. The van der Waals surface area contributed by atoms with Crippen molar-refractivity contribution in [1.29, 1.82) is 0 Å². The molecule has 0 aromatic rings. The highest BCUT2D eigenvalue weighted by Gasteiger charge is 2.35. The van der Waals surface area contributed by atoms with Gasteiger partial charge in [0.1, 0.15) is 0 Å². The van der Waals surface area contributed by atoms with Gasteiger partial charge in [0.2, 0.25) is 0 Å². The van der Waals surface area contributed by atoms with E-state index in [0.717, 1.165) is 0 Å². The van der Waals surface area contributed by atoms with Crippen molar-refractivity contribution in [1.82, 2.24) is 5.09 Å². The third kappa shape index (κ3) is 18.8. The highest BCUT2D eigenvalue weighted by Crippen LogP contribution is 2.57. The van der Waals surface area contributed by atoms with Gasteiger partial charge in [-0.15, -0.1) is 0 Å². The molecule has 0 aromatic carbocycles. The van der Waals surface area contributed by atoms with Crippen molar-refractivity contribution >= 4 is 7.41 Å². The second-order valence-electron chi connectivity index (χ2n) is 9.53. The van der Waals surface area contributed by atoms with Gasteiger partial charge in [-0.2, -0.15) is 5.09 Å². The molecule has 0 saturated heterocycles. The first-order valence-corrected chi connectivity index (χ1v) is 16.2. The van der Waals surface area contributed by atoms with Crippen LogP contribution in [0.15, 0.2) is 0 Å². The highest BCUT2D eigenvalue weighted by molar-refractivity contribution is 7.74. The molecular formula is C27H59NP+. The summed E-state index contributed by atoms with van der Waals surface area (Å²) in [6, 6.07) is 0. The molecule has 0 saturated carbocycles. The zero-order chi connectivity index (χ0) is 21.5. The maximum atomic E-state index is 4.20. The van der Waals surface area contributed by atoms with Crippen molar-refractivity contribution < 1.29 is 0 Å². The molecule has 29 heavy (non-hydrogen) atoms. The van der Waals surface area contributed by atoms with Gasteiger partial charge in [0, 0.05) is 6.54 Å². The minimum Gasteiger partial charge on any atom is -0.192 e. The van der Waals surface area contributed by atoms with E-state index in [0.29, 0.717) is 0 Å². The fraction of sp³-hybridized carbons (Fsp3) is 1.00. The maximum Gasteiger partial charge on any atom is 0.0799 e. The van der Waals surface area contributed by atoms with Gasteiger partial charge in [-0.25, -0.2) is 0 Å². The number of rotatable bonds is 24. The number of hydrogen-bond donors (Lipinski definition) is 1. The molecule has 0 aliphatic rings. The summed E-state index contributed by atoms with van der Waals surface area (Å²) in [5, 5.41) is 4.20. The topological polar surface area (TPSA) is 12.0 Å². The molecule has 0 atom stereocenters. The molecule has 0 unspecified atom stereocenters. The molecular weight excluding hydrogens is 369 g/mol. The SMILES string of the molecule is CCCCCCCC[P+](CCCCCCCC)(CCCCCCCC)NCCC. The smallest absolute Gasteiger partial charge is 0.0799 e. The first-order valence-electron chi connectivity index (χ1n) is 13.9. The van der Waals surface area contributed by atoms with Crippen molar-refractivity contribution in [3.05, 3.63) is 0 Å². The van der Waals surface area contributed by atoms with Gasteiger partial charge >= 0.3 is 0 Å². The van der Waals surface area contributed by atoms with E-state index in [1.165, 1.54) is 147 Å². The van der Waals surface area contributed by atoms with Crippen molar-refractivity contribution in [2.75, 3.05) is 25.0 Å². The van der Waals surface area contributed by atoms with Crippen molar-refractivity contribution in [3.8, 4) is 0 Å². The van der Waals surface area contributed by atoms with Gasteiger partial charge in [0.25, 0.3) is 0 Å². The Bertz CT molecular complexity index is 264. The van der Waals surface area contributed by atoms with Gasteiger partial charge in [-0.1, -0.05) is 105 Å². The molecule has 0 heterocycles. The van der Waals surface area contributed by atoms with E-state index in [1.807, 2.05) is 0 Å². The van der Waals surface area contributed by atoms with E-state index in [4.69, 9.17) is 0 Å². The number of hydrogen-bond acceptors (Lipinski definition) is 1. The van der Waals surface area contributed by atoms with Crippen molar-refractivity contribution in [3.63, 3.8) is 0 Å². The van der Waals surface area contributed by atoms with Crippen LogP contribution in [0.25, 0.3) is 0 Å². The lowest BCUT2D eigenvalue weighted by molar-refractivity contribution is 0.613.